The Bertz CT molecular complexity index is 1200. The van der Waals surface area contributed by atoms with Crippen molar-refractivity contribution in [2.24, 2.45) is 0 Å². The average Bonchev–Trinajstić information content (AvgIpc) is 3.12. The summed E-state index contributed by atoms with van der Waals surface area (Å²) in [7, 11) is -3.63. The van der Waals surface area contributed by atoms with E-state index in [2.05, 4.69) is 10.3 Å². The van der Waals surface area contributed by atoms with Crippen LogP contribution in [0, 0.1) is 0 Å². The van der Waals surface area contributed by atoms with E-state index in [1.165, 1.54) is 0 Å². The molecule has 3 rings (SSSR count). The van der Waals surface area contributed by atoms with E-state index in [1.54, 1.807) is 24.3 Å². The molecule has 2 atom stereocenters. The first kappa shape index (κ1) is 24.1. The zero-order valence-corrected chi connectivity index (χ0v) is 19.3. The second-order valence-electron chi connectivity index (χ2n) is 7.66. The first-order valence-corrected chi connectivity index (χ1v) is 12.3. The SMILES string of the molecule is C[C@H](Cc1c[nH]c2c(OCC(=O)NS(C)(=O)=O)cccc12)NC[C@H](O)c1cccc(Cl)c1. The lowest BCUT2D eigenvalue weighted by Crippen LogP contribution is -2.33. The molecule has 0 aliphatic rings. The van der Waals surface area contributed by atoms with E-state index in [-0.39, 0.29) is 6.04 Å². The summed E-state index contributed by atoms with van der Waals surface area (Å²) < 4.78 is 29.7. The largest absolute Gasteiger partial charge is 0.482 e. The van der Waals surface area contributed by atoms with Crippen LogP contribution in [-0.4, -0.2) is 49.9 Å². The Morgan fingerprint density at radius 1 is 1.25 bits per heavy atom. The Balaban J connectivity index is 1.60. The predicted molar refractivity (Wildman–Crippen MR) is 124 cm³/mol. The molecule has 0 saturated heterocycles. The van der Waals surface area contributed by atoms with E-state index in [1.807, 2.05) is 36.0 Å². The van der Waals surface area contributed by atoms with Gasteiger partial charge in [-0.3, -0.25) is 9.52 Å². The number of sulfonamides is 1. The molecule has 0 aliphatic heterocycles. The van der Waals surface area contributed by atoms with Gasteiger partial charge in [0.1, 0.15) is 5.75 Å². The van der Waals surface area contributed by atoms with Gasteiger partial charge in [-0.25, -0.2) is 8.42 Å². The molecular weight excluding hydrogens is 454 g/mol. The Morgan fingerprint density at radius 3 is 2.72 bits per heavy atom. The van der Waals surface area contributed by atoms with Crippen molar-refractivity contribution in [2.45, 2.75) is 25.5 Å². The summed E-state index contributed by atoms with van der Waals surface area (Å²) in [4.78, 5) is 14.9. The van der Waals surface area contributed by atoms with Crippen molar-refractivity contribution < 1.29 is 23.1 Å². The molecule has 0 aliphatic carbocycles. The zero-order chi connectivity index (χ0) is 23.3. The molecule has 0 spiro atoms. The van der Waals surface area contributed by atoms with Gasteiger partial charge < -0.3 is 20.1 Å². The smallest absolute Gasteiger partial charge is 0.271 e. The van der Waals surface area contributed by atoms with Gasteiger partial charge in [0.05, 0.1) is 17.9 Å². The molecule has 1 aromatic heterocycles. The number of para-hydroxylation sites is 1. The van der Waals surface area contributed by atoms with Gasteiger partial charge in [-0.2, -0.15) is 0 Å². The minimum atomic E-state index is -3.63. The number of halogens is 1. The molecule has 0 fully saturated rings. The molecule has 4 N–H and O–H groups in total. The summed E-state index contributed by atoms with van der Waals surface area (Å²) in [5.41, 5.74) is 2.52. The minimum Gasteiger partial charge on any atom is -0.482 e. The highest BCUT2D eigenvalue weighted by molar-refractivity contribution is 7.89. The van der Waals surface area contributed by atoms with Gasteiger partial charge in [0.15, 0.2) is 6.61 Å². The normalized spacial score (nSPS) is 13.6. The van der Waals surface area contributed by atoms with Crippen molar-refractivity contribution in [1.82, 2.24) is 15.0 Å². The first-order valence-electron chi connectivity index (χ1n) is 10.0. The molecular formula is C22H26ClN3O5S. The zero-order valence-electron chi connectivity index (χ0n) is 17.8. The number of carbonyl (C=O) groups excluding carboxylic acids is 1. The van der Waals surface area contributed by atoms with Gasteiger partial charge in [-0.1, -0.05) is 35.9 Å². The van der Waals surface area contributed by atoms with Crippen molar-refractivity contribution in [3.05, 3.63) is 64.8 Å². The van der Waals surface area contributed by atoms with Crippen LogP contribution in [0.4, 0.5) is 0 Å². The van der Waals surface area contributed by atoms with Crippen LogP contribution in [0.25, 0.3) is 10.9 Å². The molecule has 3 aromatic rings. The van der Waals surface area contributed by atoms with Crippen LogP contribution >= 0.6 is 11.6 Å². The topological polar surface area (TPSA) is 121 Å². The maximum absolute atomic E-state index is 11.7. The summed E-state index contributed by atoms with van der Waals surface area (Å²) in [6.07, 6.45) is 2.81. The standard InChI is InChI=1S/C22H26ClN3O5S/c1-14(24-12-19(27)15-5-3-6-17(23)10-15)9-16-11-25-22-18(16)7-4-8-20(22)31-13-21(28)26-32(2,29)30/h3-8,10-11,14,19,24-25,27H,9,12-13H2,1-2H3,(H,26,28)/t14-,19+/m1/s1. The van der Waals surface area contributed by atoms with Crippen molar-refractivity contribution in [1.29, 1.82) is 0 Å². The Kier molecular flexibility index (Phi) is 7.78. The maximum atomic E-state index is 11.7. The molecule has 0 saturated carbocycles. The van der Waals surface area contributed by atoms with E-state index >= 15 is 0 Å². The number of fused-ring (bicyclic) bond motifs is 1. The number of nitrogens with one attached hydrogen (secondary N) is 3. The van der Waals surface area contributed by atoms with Gasteiger partial charge in [0, 0.05) is 29.2 Å². The fourth-order valence-corrected chi connectivity index (χ4v) is 4.07. The third kappa shape index (κ3) is 6.70. The first-order chi connectivity index (χ1) is 15.1. The quantitative estimate of drug-likeness (QED) is 0.354. The summed E-state index contributed by atoms with van der Waals surface area (Å²) in [5.74, 6) is -0.290. The molecule has 172 valence electrons. The van der Waals surface area contributed by atoms with Gasteiger partial charge in [-0.05, 0) is 42.7 Å². The van der Waals surface area contributed by atoms with Gasteiger partial charge in [0.25, 0.3) is 5.91 Å². The van der Waals surface area contributed by atoms with Crippen molar-refractivity contribution in [3.8, 4) is 5.75 Å². The van der Waals surface area contributed by atoms with Crippen LogP contribution < -0.4 is 14.8 Å². The second kappa shape index (κ2) is 10.4. The Labute approximate surface area is 192 Å². The average molecular weight is 480 g/mol. The fraction of sp³-hybridized carbons (Fsp3) is 0.318. The number of amides is 1. The number of H-pyrrole nitrogens is 1. The molecule has 8 nitrogen and oxygen atoms in total. The van der Waals surface area contributed by atoms with Gasteiger partial charge in [0.2, 0.25) is 10.0 Å². The molecule has 1 heterocycles. The number of carbonyl (C=O) groups is 1. The fourth-order valence-electron chi connectivity index (χ4n) is 3.40. The summed E-state index contributed by atoms with van der Waals surface area (Å²) in [6.45, 7) is 1.99. The van der Waals surface area contributed by atoms with Crippen LogP contribution in [0.15, 0.2) is 48.7 Å². The summed E-state index contributed by atoms with van der Waals surface area (Å²) in [6, 6.07) is 12.7. The number of ether oxygens (including phenoxy) is 1. The lowest BCUT2D eigenvalue weighted by Gasteiger charge is -2.17. The van der Waals surface area contributed by atoms with Crippen LogP contribution in [0.2, 0.25) is 5.02 Å². The molecule has 32 heavy (non-hydrogen) atoms. The number of hydrogen-bond acceptors (Lipinski definition) is 6. The summed E-state index contributed by atoms with van der Waals surface area (Å²) in [5, 5.41) is 15.2. The van der Waals surface area contributed by atoms with Crippen molar-refractivity contribution in [2.75, 3.05) is 19.4 Å². The van der Waals surface area contributed by atoms with Crippen LogP contribution in [0.3, 0.4) is 0 Å². The van der Waals surface area contributed by atoms with E-state index < -0.39 is 28.6 Å². The van der Waals surface area contributed by atoms with Gasteiger partial charge in [-0.15, -0.1) is 0 Å². The number of benzene rings is 2. The molecule has 1 amide bonds. The molecule has 10 heteroatoms. The molecule has 0 unspecified atom stereocenters. The van der Waals surface area contributed by atoms with Gasteiger partial charge >= 0.3 is 0 Å². The van der Waals surface area contributed by atoms with Crippen molar-refractivity contribution >= 4 is 38.4 Å². The van der Waals surface area contributed by atoms with E-state index in [9.17, 15) is 18.3 Å². The number of aromatic amines is 1. The van der Waals surface area contributed by atoms with Crippen LogP contribution in [0.5, 0.6) is 5.75 Å². The van der Waals surface area contributed by atoms with Crippen LogP contribution in [0.1, 0.15) is 24.2 Å². The third-order valence-corrected chi connectivity index (χ3v) is 5.67. The van der Waals surface area contributed by atoms with Crippen molar-refractivity contribution in [3.63, 3.8) is 0 Å². The molecule has 0 bridgehead atoms. The highest BCUT2D eigenvalue weighted by atomic mass is 35.5. The van der Waals surface area contributed by atoms with E-state index in [0.717, 1.165) is 28.3 Å². The minimum absolute atomic E-state index is 0.0768. The lowest BCUT2D eigenvalue weighted by atomic mass is 10.0. The number of rotatable bonds is 10. The highest BCUT2D eigenvalue weighted by Gasteiger charge is 2.15. The van der Waals surface area contributed by atoms with Crippen LogP contribution in [-0.2, 0) is 21.2 Å². The third-order valence-electron chi connectivity index (χ3n) is 4.84. The number of aliphatic hydroxyl groups excluding tert-OH is 1. The number of aromatic nitrogens is 1. The van der Waals surface area contributed by atoms with E-state index in [4.69, 9.17) is 16.3 Å². The predicted octanol–water partition coefficient (Wildman–Crippen LogP) is 2.53. The molecule has 0 radical (unpaired) electrons. The maximum Gasteiger partial charge on any atom is 0.271 e. The Morgan fingerprint density at radius 2 is 2.00 bits per heavy atom. The second-order valence-corrected chi connectivity index (χ2v) is 9.85. The number of hydrogen-bond donors (Lipinski definition) is 4. The lowest BCUT2D eigenvalue weighted by molar-refractivity contribution is -0.121. The Hall–Kier alpha value is -2.59. The summed E-state index contributed by atoms with van der Waals surface area (Å²) >= 11 is 5.99. The van der Waals surface area contributed by atoms with E-state index in [0.29, 0.717) is 23.7 Å². The highest BCUT2D eigenvalue weighted by Crippen LogP contribution is 2.28. The molecule has 2 aromatic carbocycles. The number of aliphatic hydroxyl groups is 1. The monoisotopic (exact) mass is 479 g/mol.